The smallest absolute Gasteiger partial charge is 0.407 e. The van der Waals surface area contributed by atoms with Gasteiger partial charge in [0.2, 0.25) is 0 Å². The second-order valence-electron chi connectivity index (χ2n) is 6.11. The van der Waals surface area contributed by atoms with Crippen LogP contribution in [0.15, 0.2) is 24.3 Å². The van der Waals surface area contributed by atoms with Gasteiger partial charge >= 0.3 is 6.09 Å². The van der Waals surface area contributed by atoms with Crippen molar-refractivity contribution in [1.29, 1.82) is 0 Å². The molecular formula is C17H27NO2. The van der Waals surface area contributed by atoms with Crippen LogP contribution in [0.3, 0.4) is 0 Å². The Morgan fingerprint density at radius 1 is 1.25 bits per heavy atom. The third kappa shape index (κ3) is 5.64. The van der Waals surface area contributed by atoms with Crippen molar-refractivity contribution in [3.8, 4) is 0 Å². The van der Waals surface area contributed by atoms with Gasteiger partial charge in [-0.3, -0.25) is 0 Å². The number of carbonyl (C=O) groups excluding carboxylic acids is 1. The van der Waals surface area contributed by atoms with E-state index in [0.717, 1.165) is 18.4 Å². The second-order valence-corrected chi connectivity index (χ2v) is 6.11. The van der Waals surface area contributed by atoms with Gasteiger partial charge in [0.05, 0.1) is 0 Å². The second kappa shape index (κ2) is 7.32. The van der Waals surface area contributed by atoms with Crippen LogP contribution in [-0.2, 0) is 11.3 Å². The lowest BCUT2D eigenvalue weighted by atomic mass is 9.93. The van der Waals surface area contributed by atoms with Crippen LogP contribution in [0.25, 0.3) is 0 Å². The van der Waals surface area contributed by atoms with Gasteiger partial charge in [0.1, 0.15) is 5.60 Å². The summed E-state index contributed by atoms with van der Waals surface area (Å²) in [4.78, 5) is 11.6. The first kappa shape index (κ1) is 16.5. The monoisotopic (exact) mass is 277 g/mol. The molecule has 0 aliphatic heterocycles. The van der Waals surface area contributed by atoms with E-state index < -0.39 is 5.60 Å². The highest BCUT2D eigenvalue weighted by atomic mass is 16.6. The van der Waals surface area contributed by atoms with Crippen molar-refractivity contribution >= 4 is 6.09 Å². The lowest BCUT2D eigenvalue weighted by Crippen LogP contribution is -2.32. The molecule has 20 heavy (non-hydrogen) atoms. The van der Waals surface area contributed by atoms with Gasteiger partial charge in [-0.25, -0.2) is 4.79 Å². The molecule has 0 radical (unpaired) electrons. The highest BCUT2D eigenvalue weighted by Crippen LogP contribution is 2.23. The summed E-state index contributed by atoms with van der Waals surface area (Å²) in [5, 5.41) is 2.80. The van der Waals surface area contributed by atoms with Gasteiger partial charge in [0.25, 0.3) is 0 Å². The number of benzene rings is 1. The Morgan fingerprint density at radius 3 is 2.45 bits per heavy atom. The Bertz CT molecular complexity index is 431. The summed E-state index contributed by atoms with van der Waals surface area (Å²) < 4.78 is 5.23. The van der Waals surface area contributed by atoms with Crippen LogP contribution in [0, 0.1) is 0 Å². The lowest BCUT2D eigenvalue weighted by Gasteiger charge is -2.20. The van der Waals surface area contributed by atoms with Crippen molar-refractivity contribution < 1.29 is 9.53 Å². The van der Waals surface area contributed by atoms with Crippen molar-refractivity contribution in [3.63, 3.8) is 0 Å². The SMILES string of the molecule is CCC(CC)c1cccc(CNC(=O)OC(C)(C)C)c1. The Hall–Kier alpha value is -1.51. The Labute approximate surface area is 122 Å². The number of amides is 1. The first-order valence-electron chi connectivity index (χ1n) is 7.41. The van der Waals surface area contributed by atoms with Gasteiger partial charge in [-0.2, -0.15) is 0 Å². The molecule has 0 aromatic heterocycles. The average Bonchev–Trinajstić information content (AvgIpc) is 2.36. The molecule has 1 N–H and O–H groups in total. The molecule has 112 valence electrons. The molecular weight excluding hydrogens is 250 g/mol. The van der Waals surface area contributed by atoms with E-state index in [1.807, 2.05) is 26.8 Å². The maximum atomic E-state index is 11.6. The molecule has 1 aromatic carbocycles. The van der Waals surface area contributed by atoms with Crippen LogP contribution < -0.4 is 5.32 Å². The molecule has 0 heterocycles. The van der Waals surface area contributed by atoms with Crippen molar-refractivity contribution in [2.75, 3.05) is 0 Å². The van der Waals surface area contributed by atoms with Crippen LogP contribution in [0.4, 0.5) is 4.79 Å². The predicted molar refractivity (Wildman–Crippen MR) is 82.8 cm³/mol. The zero-order valence-electron chi connectivity index (χ0n) is 13.3. The van der Waals surface area contributed by atoms with E-state index in [0.29, 0.717) is 12.5 Å². The fraction of sp³-hybridized carbons (Fsp3) is 0.588. The number of hydrogen-bond acceptors (Lipinski definition) is 2. The van der Waals surface area contributed by atoms with Crippen molar-refractivity contribution in [2.24, 2.45) is 0 Å². The van der Waals surface area contributed by atoms with Crippen LogP contribution in [0.2, 0.25) is 0 Å². The number of carbonyl (C=O) groups is 1. The van der Waals surface area contributed by atoms with Gasteiger partial charge in [-0.1, -0.05) is 38.1 Å². The van der Waals surface area contributed by atoms with E-state index >= 15 is 0 Å². The van der Waals surface area contributed by atoms with Crippen LogP contribution >= 0.6 is 0 Å². The summed E-state index contributed by atoms with van der Waals surface area (Å²) in [6, 6.07) is 8.42. The normalized spacial score (nSPS) is 11.5. The number of nitrogens with one attached hydrogen (secondary N) is 1. The molecule has 0 saturated carbocycles. The van der Waals surface area contributed by atoms with E-state index in [2.05, 4.69) is 37.4 Å². The maximum Gasteiger partial charge on any atom is 0.407 e. The van der Waals surface area contributed by atoms with Crippen molar-refractivity contribution in [3.05, 3.63) is 35.4 Å². The van der Waals surface area contributed by atoms with Crippen LogP contribution in [0.5, 0.6) is 0 Å². The lowest BCUT2D eigenvalue weighted by molar-refractivity contribution is 0.0523. The molecule has 0 saturated heterocycles. The first-order valence-corrected chi connectivity index (χ1v) is 7.41. The van der Waals surface area contributed by atoms with E-state index in [4.69, 9.17) is 4.74 Å². The van der Waals surface area contributed by atoms with E-state index in [9.17, 15) is 4.79 Å². The van der Waals surface area contributed by atoms with Gasteiger partial charge < -0.3 is 10.1 Å². The van der Waals surface area contributed by atoms with Crippen LogP contribution in [0.1, 0.15) is 64.5 Å². The third-order valence-corrected chi connectivity index (χ3v) is 3.24. The molecule has 0 atom stereocenters. The van der Waals surface area contributed by atoms with Gasteiger partial charge in [0.15, 0.2) is 0 Å². The predicted octanol–water partition coefficient (Wildman–Crippen LogP) is 4.61. The fourth-order valence-corrected chi connectivity index (χ4v) is 2.21. The minimum absolute atomic E-state index is 0.370. The van der Waals surface area contributed by atoms with Gasteiger partial charge in [-0.15, -0.1) is 0 Å². The van der Waals surface area contributed by atoms with Crippen LogP contribution in [-0.4, -0.2) is 11.7 Å². The standard InChI is InChI=1S/C17H27NO2/c1-6-14(7-2)15-10-8-9-13(11-15)12-18-16(19)20-17(3,4)5/h8-11,14H,6-7,12H2,1-5H3,(H,18,19). The summed E-state index contributed by atoms with van der Waals surface area (Å²) in [6.07, 6.45) is 1.91. The number of hydrogen-bond donors (Lipinski definition) is 1. The minimum Gasteiger partial charge on any atom is -0.444 e. The molecule has 1 amide bonds. The fourth-order valence-electron chi connectivity index (χ4n) is 2.21. The Balaban J connectivity index is 2.61. The molecule has 1 aromatic rings. The molecule has 0 unspecified atom stereocenters. The maximum absolute atomic E-state index is 11.6. The molecule has 0 aliphatic rings. The number of ether oxygens (including phenoxy) is 1. The van der Waals surface area contributed by atoms with Crippen molar-refractivity contribution in [2.45, 2.75) is 65.5 Å². The quantitative estimate of drug-likeness (QED) is 0.853. The molecule has 3 nitrogen and oxygen atoms in total. The summed E-state index contributed by atoms with van der Waals surface area (Å²) in [5.41, 5.74) is 2.00. The molecule has 0 spiro atoms. The number of alkyl carbamates (subject to hydrolysis) is 1. The van der Waals surface area contributed by atoms with E-state index in [1.54, 1.807) is 0 Å². The zero-order chi connectivity index (χ0) is 15.2. The van der Waals surface area contributed by atoms with E-state index in [-0.39, 0.29) is 6.09 Å². The molecule has 0 aliphatic carbocycles. The van der Waals surface area contributed by atoms with E-state index in [1.165, 1.54) is 5.56 Å². The average molecular weight is 277 g/mol. The summed E-state index contributed by atoms with van der Waals surface area (Å²) in [7, 11) is 0. The highest BCUT2D eigenvalue weighted by molar-refractivity contribution is 5.67. The zero-order valence-corrected chi connectivity index (χ0v) is 13.3. The largest absolute Gasteiger partial charge is 0.444 e. The Kier molecular flexibility index (Phi) is 6.05. The number of rotatable bonds is 5. The summed E-state index contributed by atoms with van der Waals surface area (Å²) >= 11 is 0. The molecule has 1 rings (SSSR count). The summed E-state index contributed by atoms with van der Waals surface area (Å²) in [6.45, 7) is 10.5. The summed E-state index contributed by atoms with van der Waals surface area (Å²) in [5.74, 6) is 0.594. The molecule has 0 bridgehead atoms. The molecule has 0 fully saturated rings. The topological polar surface area (TPSA) is 38.3 Å². The highest BCUT2D eigenvalue weighted by Gasteiger charge is 2.15. The first-order chi connectivity index (χ1) is 9.35. The molecule has 3 heteroatoms. The van der Waals surface area contributed by atoms with Gasteiger partial charge in [0, 0.05) is 6.54 Å². The van der Waals surface area contributed by atoms with Gasteiger partial charge in [-0.05, 0) is 50.7 Å². The minimum atomic E-state index is -0.457. The Morgan fingerprint density at radius 2 is 1.90 bits per heavy atom. The third-order valence-electron chi connectivity index (χ3n) is 3.24. The van der Waals surface area contributed by atoms with Crippen molar-refractivity contribution in [1.82, 2.24) is 5.32 Å².